The van der Waals surface area contributed by atoms with E-state index in [-0.39, 0.29) is 35.3 Å². The maximum absolute atomic E-state index is 13.9. The smallest absolute Gasteiger partial charge is 0.338 e. The van der Waals surface area contributed by atoms with Crippen LogP contribution in [0, 0.1) is 0 Å². The molecule has 1 aliphatic rings. The number of aromatic hydroxyl groups is 1. The van der Waals surface area contributed by atoms with Gasteiger partial charge in [0.1, 0.15) is 11.8 Å². The first-order valence-electron chi connectivity index (χ1n) is 11.7. The molecule has 1 unspecified atom stereocenters. The molecule has 0 radical (unpaired) electrons. The number of esters is 1. The third-order valence-electron chi connectivity index (χ3n) is 5.68. The number of allylic oxidation sites excluding steroid dienone is 1. The zero-order valence-corrected chi connectivity index (χ0v) is 23.5. The van der Waals surface area contributed by atoms with E-state index in [1.165, 1.54) is 29.1 Å². The van der Waals surface area contributed by atoms with Gasteiger partial charge in [-0.15, -0.1) is 0 Å². The van der Waals surface area contributed by atoms with Crippen molar-refractivity contribution in [2.45, 2.75) is 39.8 Å². The van der Waals surface area contributed by atoms with Gasteiger partial charge >= 0.3 is 5.97 Å². The van der Waals surface area contributed by atoms with Crippen LogP contribution in [0.25, 0.3) is 6.08 Å². The number of phenols is 1. The molecule has 0 saturated carbocycles. The highest BCUT2D eigenvalue weighted by atomic mass is 79.9. The molecule has 10 heteroatoms. The molecule has 2 aromatic carbocycles. The van der Waals surface area contributed by atoms with Crippen LogP contribution < -0.4 is 24.4 Å². The fourth-order valence-electron chi connectivity index (χ4n) is 4.13. The van der Waals surface area contributed by atoms with E-state index in [1.807, 2.05) is 38.1 Å². The molecule has 1 N–H and O–H groups in total. The van der Waals surface area contributed by atoms with Gasteiger partial charge in [0.2, 0.25) is 0 Å². The fraction of sp³-hybridized carbons (Fsp3) is 0.296. The van der Waals surface area contributed by atoms with Crippen LogP contribution in [0.5, 0.6) is 17.2 Å². The zero-order chi connectivity index (χ0) is 26.9. The van der Waals surface area contributed by atoms with Crippen LogP contribution in [-0.2, 0) is 9.53 Å². The largest absolute Gasteiger partial charge is 0.504 e. The van der Waals surface area contributed by atoms with Crippen LogP contribution in [0.2, 0.25) is 0 Å². The van der Waals surface area contributed by atoms with Crippen molar-refractivity contribution in [3.8, 4) is 17.2 Å². The monoisotopic (exact) mass is 586 g/mol. The van der Waals surface area contributed by atoms with Crippen LogP contribution in [-0.4, -0.2) is 35.5 Å². The van der Waals surface area contributed by atoms with Crippen molar-refractivity contribution < 1.29 is 24.1 Å². The number of halogens is 1. The van der Waals surface area contributed by atoms with E-state index in [0.717, 1.165) is 0 Å². The highest BCUT2D eigenvalue weighted by Gasteiger charge is 2.35. The Balaban J connectivity index is 1.99. The Hall–Kier alpha value is -3.37. The normalized spacial score (nSPS) is 15.4. The molecule has 1 aromatic heterocycles. The molecule has 2 heterocycles. The standard InChI is InChI=1S/C27H27BrN2O6S/c1-6-35-26(33)23-15(4)29-27-30(24(23)17-9-7-8-10-20(17)36-14(2)3)25(32)22(37-27)12-16-11-21(34-5)19(31)13-18(16)28/h7-14,24,31H,6H2,1-5H3/b22-12-. The number of carbonyl (C=O) groups excluding carboxylic acids is 1. The molecule has 0 aliphatic carbocycles. The average molecular weight is 587 g/mol. The van der Waals surface area contributed by atoms with Crippen molar-refractivity contribution in [3.05, 3.63) is 83.0 Å². The van der Waals surface area contributed by atoms with Gasteiger partial charge in [0.15, 0.2) is 16.3 Å². The number of aromatic nitrogens is 1. The molecule has 4 rings (SSSR count). The van der Waals surface area contributed by atoms with Gasteiger partial charge < -0.3 is 19.3 Å². The van der Waals surface area contributed by atoms with E-state index in [9.17, 15) is 14.7 Å². The van der Waals surface area contributed by atoms with E-state index < -0.39 is 12.0 Å². The number of rotatable bonds is 7. The van der Waals surface area contributed by atoms with Crippen molar-refractivity contribution in [1.82, 2.24) is 4.57 Å². The van der Waals surface area contributed by atoms with Crippen LogP contribution in [0.4, 0.5) is 0 Å². The molecule has 194 valence electrons. The van der Waals surface area contributed by atoms with E-state index in [2.05, 4.69) is 20.9 Å². The highest BCUT2D eigenvalue weighted by Crippen LogP contribution is 2.36. The summed E-state index contributed by atoms with van der Waals surface area (Å²) in [5.41, 5.74) is 1.74. The molecule has 0 amide bonds. The number of benzene rings is 2. The Morgan fingerprint density at radius 2 is 2.00 bits per heavy atom. The lowest BCUT2D eigenvalue weighted by molar-refractivity contribution is -0.139. The SMILES string of the molecule is CCOC(=O)C1=C(C)N=c2s/c(=C\c3cc(OC)c(O)cc3Br)c(=O)n2C1c1ccccc1OC(C)C. The number of phenolic OH excluding ortho intramolecular Hbond substituents is 1. The Morgan fingerprint density at radius 1 is 1.27 bits per heavy atom. The van der Waals surface area contributed by atoms with Crippen molar-refractivity contribution in [1.29, 1.82) is 0 Å². The molecule has 0 saturated heterocycles. The lowest BCUT2D eigenvalue weighted by Crippen LogP contribution is -2.40. The molecule has 1 aliphatic heterocycles. The first-order chi connectivity index (χ1) is 17.7. The van der Waals surface area contributed by atoms with Crippen molar-refractivity contribution in [2.24, 2.45) is 4.99 Å². The second-order valence-electron chi connectivity index (χ2n) is 8.55. The number of ether oxygens (including phenoxy) is 3. The third-order valence-corrected chi connectivity index (χ3v) is 7.35. The molecule has 0 spiro atoms. The predicted molar refractivity (Wildman–Crippen MR) is 145 cm³/mol. The summed E-state index contributed by atoms with van der Waals surface area (Å²) in [6.07, 6.45) is 1.59. The molecular formula is C27H27BrN2O6S. The van der Waals surface area contributed by atoms with Gasteiger partial charge in [-0.05, 0) is 57.5 Å². The molecular weight excluding hydrogens is 560 g/mol. The predicted octanol–water partition coefficient (Wildman–Crippen LogP) is 4.06. The fourth-order valence-corrected chi connectivity index (χ4v) is 5.61. The van der Waals surface area contributed by atoms with Gasteiger partial charge in [-0.1, -0.05) is 45.5 Å². The summed E-state index contributed by atoms with van der Waals surface area (Å²) in [5, 5.41) is 10.1. The lowest BCUT2D eigenvalue weighted by atomic mass is 9.95. The van der Waals surface area contributed by atoms with Crippen molar-refractivity contribution in [2.75, 3.05) is 13.7 Å². The lowest BCUT2D eigenvalue weighted by Gasteiger charge is -2.26. The summed E-state index contributed by atoms with van der Waals surface area (Å²) in [4.78, 5) is 32.1. The Labute approximate surface area is 226 Å². The maximum atomic E-state index is 13.9. The first kappa shape index (κ1) is 26.7. The molecule has 37 heavy (non-hydrogen) atoms. The number of carbonyl (C=O) groups is 1. The number of hydrogen-bond donors (Lipinski definition) is 1. The van der Waals surface area contributed by atoms with E-state index in [4.69, 9.17) is 14.2 Å². The van der Waals surface area contributed by atoms with Crippen molar-refractivity contribution >= 4 is 39.3 Å². The Bertz CT molecular complexity index is 1570. The summed E-state index contributed by atoms with van der Waals surface area (Å²) in [5.74, 6) is 0.290. The van der Waals surface area contributed by atoms with Gasteiger partial charge in [-0.25, -0.2) is 9.79 Å². The topological polar surface area (TPSA) is 99.4 Å². The highest BCUT2D eigenvalue weighted by molar-refractivity contribution is 9.10. The summed E-state index contributed by atoms with van der Waals surface area (Å²) in [6, 6.07) is 9.72. The number of fused-ring (bicyclic) bond motifs is 1. The minimum absolute atomic E-state index is 0.0237. The van der Waals surface area contributed by atoms with Gasteiger partial charge in [0, 0.05) is 10.0 Å². The Morgan fingerprint density at radius 3 is 2.68 bits per heavy atom. The van der Waals surface area contributed by atoms with E-state index in [0.29, 0.717) is 36.4 Å². The van der Waals surface area contributed by atoms with Crippen LogP contribution in [0.1, 0.15) is 44.9 Å². The van der Waals surface area contributed by atoms with Gasteiger partial charge in [0.25, 0.3) is 5.56 Å². The summed E-state index contributed by atoms with van der Waals surface area (Å²) in [6.45, 7) is 7.49. The second kappa shape index (κ2) is 10.9. The summed E-state index contributed by atoms with van der Waals surface area (Å²) in [7, 11) is 1.46. The van der Waals surface area contributed by atoms with E-state index >= 15 is 0 Å². The van der Waals surface area contributed by atoms with Crippen LogP contribution in [0.15, 0.2) is 61.9 Å². The molecule has 1 atom stereocenters. The molecule has 0 fully saturated rings. The quantitative estimate of drug-likeness (QED) is 0.419. The first-order valence-corrected chi connectivity index (χ1v) is 13.3. The molecule has 8 nitrogen and oxygen atoms in total. The Kier molecular flexibility index (Phi) is 7.89. The van der Waals surface area contributed by atoms with Crippen LogP contribution in [0.3, 0.4) is 0 Å². The number of thiazole rings is 1. The van der Waals surface area contributed by atoms with E-state index in [1.54, 1.807) is 26.0 Å². The number of methoxy groups -OCH3 is 1. The summed E-state index contributed by atoms with van der Waals surface area (Å²) >= 11 is 4.65. The number of hydrogen-bond acceptors (Lipinski definition) is 8. The zero-order valence-electron chi connectivity index (χ0n) is 21.1. The molecule has 0 bridgehead atoms. The molecule has 3 aromatic rings. The maximum Gasteiger partial charge on any atom is 0.338 e. The third kappa shape index (κ3) is 5.21. The summed E-state index contributed by atoms with van der Waals surface area (Å²) < 4.78 is 19.2. The van der Waals surface area contributed by atoms with Crippen molar-refractivity contribution in [3.63, 3.8) is 0 Å². The van der Waals surface area contributed by atoms with Crippen LogP contribution >= 0.6 is 27.3 Å². The minimum Gasteiger partial charge on any atom is -0.504 e. The van der Waals surface area contributed by atoms with Gasteiger partial charge in [-0.3, -0.25) is 9.36 Å². The number of nitrogens with zero attached hydrogens (tertiary/aromatic N) is 2. The van der Waals surface area contributed by atoms with Gasteiger partial charge in [0.05, 0.1) is 35.6 Å². The number of para-hydroxylation sites is 1. The minimum atomic E-state index is -0.787. The average Bonchev–Trinajstić information content (AvgIpc) is 3.14. The van der Waals surface area contributed by atoms with Gasteiger partial charge in [-0.2, -0.15) is 0 Å². The second-order valence-corrected chi connectivity index (χ2v) is 10.4.